The number of nitrogens with zero attached hydrogens (tertiary/aromatic N) is 2. The number of nitrogens with one attached hydrogen (secondary N) is 1. The van der Waals surface area contributed by atoms with Crippen molar-refractivity contribution in [3.8, 4) is 11.4 Å². The van der Waals surface area contributed by atoms with Crippen LogP contribution in [0.3, 0.4) is 0 Å². The van der Waals surface area contributed by atoms with E-state index in [0.29, 0.717) is 23.4 Å². The van der Waals surface area contributed by atoms with Crippen LogP contribution in [-0.2, 0) is 11.8 Å². The van der Waals surface area contributed by atoms with Gasteiger partial charge in [-0.05, 0) is 23.3 Å². The molecule has 6 heteroatoms. The SMILES string of the molecule is Fc1ccc(C2(c3ccccc3)C=Cc3c(-c4cocn4)n[nH]c3C2)cc1F. The third-order valence-electron chi connectivity index (χ3n) is 5.27. The van der Waals surface area contributed by atoms with Gasteiger partial charge in [0.1, 0.15) is 17.7 Å². The molecule has 0 saturated heterocycles. The van der Waals surface area contributed by atoms with E-state index >= 15 is 0 Å². The van der Waals surface area contributed by atoms with Crippen molar-refractivity contribution >= 4 is 6.08 Å². The largest absolute Gasteiger partial charge is 0.451 e. The Kier molecular flexibility index (Phi) is 3.72. The Bertz CT molecular complexity index is 1170. The first-order valence-electron chi connectivity index (χ1n) is 8.83. The Morgan fingerprint density at radius 3 is 2.61 bits per heavy atom. The van der Waals surface area contributed by atoms with E-state index in [-0.39, 0.29) is 0 Å². The summed E-state index contributed by atoms with van der Waals surface area (Å²) in [4.78, 5) is 4.17. The summed E-state index contributed by atoms with van der Waals surface area (Å²) in [6.07, 6.45) is 7.41. The van der Waals surface area contributed by atoms with E-state index in [2.05, 4.69) is 15.2 Å². The van der Waals surface area contributed by atoms with E-state index in [1.54, 1.807) is 12.3 Å². The first-order chi connectivity index (χ1) is 13.7. The maximum Gasteiger partial charge on any atom is 0.181 e. The van der Waals surface area contributed by atoms with Crippen LogP contribution in [0.15, 0.2) is 71.7 Å². The van der Waals surface area contributed by atoms with E-state index in [1.165, 1.54) is 18.5 Å². The highest BCUT2D eigenvalue weighted by Crippen LogP contribution is 2.43. The molecule has 4 nitrogen and oxygen atoms in total. The molecule has 4 aromatic rings. The molecule has 2 heterocycles. The molecule has 0 saturated carbocycles. The fourth-order valence-electron chi connectivity index (χ4n) is 3.86. The van der Waals surface area contributed by atoms with Gasteiger partial charge in [-0.3, -0.25) is 5.10 Å². The smallest absolute Gasteiger partial charge is 0.181 e. The van der Waals surface area contributed by atoms with Crippen LogP contribution in [0.25, 0.3) is 17.5 Å². The molecule has 0 spiro atoms. The summed E-state index contributed by atoms with van der Waals surface area (Å²) >= 11 is 0. The lowest BCUT2D eigenvalue weighted by Crippen LogP contribution is -2.30. The molecule has 1 atom stereocenters. The molecule has 28 heavy (non-hydrogen) atoms. The Morgan fingerprint density at radius 2 is 1.86 bits per heavy atom. The first kappa shape index (κ1) is 16.6. The van der Waals surface area contributed by atoms with E-state index in [1.807, 2.05) is 42.5 Å². The van der Waals surface area contributed by atoms with Crippen molar-refractivity contribution in [1.29, 1.82) is 0 Å². The van der Waals surface area contributed by atoms with Gasteiger partial charge in [-0.2, -0.15) is 5.10 Å². The molecule has 2 aromatic carbocycles. The number of hydrogen-bond donors (Lipinski definition) is 1. The number of H-pyrrole nitrogens is 1. The van der Waals surface area contributed by atoms with Gasteiger partial charge in [0.15, 0.2) is 18.0 Å². The monoisotopic (exact) mass is 375 g/mol. The van der Waals surface area contributed by atoms with Gasteiger partial charge in [0.05, 0.1) is 0 Å². The predicted octanol–water partition coefficient (Wildman–Crippen LogP) is 4.90. The molecular weight excluding hydrogens is 360 g/mol. The summed E-state index contributed by atoms with van der Waals surface area (Å²) in [5.41, 5.74) is 4.18. The fraction of sp³-hybridized carbons (Fsp3) is 0.0909. The van der Waals surface area contributed by atoms with Gasteiger partial charge < -0.3 is 4.42 Å². The lowest BCUT2D eigenvalue weighted by atomic mass is 9.68. The molecule has 1 aliphatic carbocycles. The highest BCUT2D eigenvalue weighted by atomic mass is 19.2. The number of aromatic amines is 1. The number of aromatic nitrogens is 3. The minimum atomic E-state index is -0.861. The third-order valence-corrected chi connectivity index (χ3v) is 5.27. The summed E-state index contributed by atoms with van der Waals surface area (Å²) in [6, 6.07) is 13.9. The zero-order chi connectivity index (χ0) is 19.1. The van der Waals surface area contributed by atoms with Crippen molar-refractivity contribution in [3.63, 3.8) is 0 Å². The summed E-state index contributed by atoms with van der Waals surface area (Å²) in [7, 11) is 0. The van der Waals surface area contributed by atoms with Crippen molar-refractivity contribution in [2.45, 2.75) is 11.8 Å². The number of oxazole rings is 1. The van der Waals surface area contributed by atoms with E-state index < -0.39 is 17.0 Å². The zero-order valence-electron chi connectivity index (χ0n) is 14.7. The van der Waals surface area contributed by atoms with Crippen molar-refractivity contribution < 1.29 is 13.2 Å². The van der Waals surface area contributed by atoms with Crippen LogP contribution in [0.1, 0.15) is 22.4 Å². The first-order valence-corrected chi connectivity index (χ1v) is 8.83. The molecule has 1 unspecified atom stereocenters. The summed E-state index contributed by atoms with van der Waals surface area (Å²) in [5.74, 6) is -1.72. The second-order valence-electron chi connectivity index (χ2n) is 6.81. The van der Waals surface area contributed by atoms with E-state index in [9.17, 15) is 8.78 Å². The lowest BCUT2D eigenvalue weighted by Gasteiger charge is -2.34. The second-order valence-corrected chi connectivity index (χ2v) is 6.81. The highest BCUT2D eigenvalue weighted by molar-refractivity contribution is 5.74. The number of allylic oxidation sites excluding steroid dienone is 1. The molecule has 0 radical (unpaired) electrons. The Hall–Kier alpha value is -3.54. The van der Waals surface area contributed by atoms with Crippen LogP contribution >= 0.6 is 0 Å². The number of rotatable bonds is 3. The molecule has 0 bridgehead atoms. The van der Waals surface area contributed by atoms with Gasteiger partial charge in [-0.1, -0.05) is 48.6 Å². The maximum atomic E-state index is 14.1. The maximum absolute atomic E-state index is 14.1. The minimum absolute atomic E-state index is 0.527. The van der Waals surface area contributed by atoms with Gasteiger partial charge in [0.25, 0.3) is 0 Å². The van der Waals surface area contributed by atoms with Crippen LogP contribution < -0.4 is 0 Å². The topological polar surface area (TPSA) is 54.7 Å². The van der Waals surface area contributed by atoms with Crippen LogP contribution in [0, 0.1) is 11.6 Å². The van der Waals surface area contributed by atoms with Crippen molar-refractivity contribution in [1.82, 2.24) is 15.2 Å². The van der Waals surface area contributed by atoms with Gasteiger partial charge in [0, 0.05) is 23.1 Å². The van der Waals surface area contributed by atoms with Gasteiger partial charge >= 0.3 is 0 Å². The van der Waals surface area contributed by atoms with Crippen LogP contribution in [0.4, 0.5) is 8.78 Å². The summed E-state index contributed by atoms with van der Waals surface area (Å²) in [5, 5.41) is 7.48. The van der Waals surface area contributed by atoms with E-state index in [0.717, 1.165) is 16.8 Å². The average Bonchev–Trinajstić information content (AvgIpc) is 3.39. The molecule has 1 aliphatic rings. The average molecular weight is 375 g/mol. The molecule has 0 aliphatic heterocycles. The molecular formula is C22H15F2N3O. The highest BCUT2D eigenvalue weighted by Gasteiger charge is 2.37. The normalized spacial score (nSPS) is 18.2. The standard InChI is InChI=1S/C22H15F2N3O/c23-17-7-6-15(10-18(17)24)22(14-4-2-1-3-5-14)9-8-16-19(11-22)26-27-21(16)20-12-28-13-25-20/h1-10,12-13H,11H2,(H,26,27). The number of hydrogen-bond acceptors (Lipinski definition) is 3. The number of fused-ring (bicyclic) bond motifs is 1. The van der Waals surface area contributed by atoms with Crippen molar-refractivity contribution in [3.05, 3.63) is 101 Å². The minimum Gasteiger partial charge on any atom is -0.451 e. The number of halogens is 2. The Morgan fingerprint density at radius 1 is 1.00 bits per heavy atom. The van der Waals surface area contributed by atoms with Crippen molar-refractivity contribution in [2.75, 3.05) is 0 Å². The zero-order valence-corrected chi connectivity index (χ0v) is 14.7. The molecule has 2 aromatic heterocycles. The molecule has 0 amide bonds. The van der Waals surface area contributed by atoms with Crippen molar-refractivity contribution in [2.24, 2.45) is 0 Å². The van der Waals surface area contributed by atoms with E-state index in [4.69, 9.17) is 4.42 Å². The summed E-state index contributed by atoms with van der Waals surface area (Å²) < 4.78 is 32.7. The lowest BCUT2D eigenvalue weighted by molar-refractivity contribution is 0.502. The molecule has 1 N–H and O–H groups in total. The predicted molar refractivity (Wildman–Crippen MR) is 100 cm³/mol. The van der Waals surface area contributed by atoms with Crippen LogP contribution in [-0.4, -0.2) is 15.2 Å². The van der Waals surface area contributed by atoms with Gasteiger partial charge in [0.2, 0.25) is 0 Å². The third kappa shape index (κ3) is 2.49. The second kappa shape index (κ2) is 6.27. The van der Waals surface area contributed by atoms with Crippen LogP contribution in [0.2, 0.25) is 0 Å². The van der Waals surface area contributed by atoms with Gasteiger partial charge in [-0.15, -0.1) is 0 Å². The Labute approximate surface area is 159 Å². The molecule has 5 rings (SSSR count). The summed E-state index contributed by atoms with van der Waals surface area (Å²) in [6.45, 7) is 0. The van der Waals surface area contributed by atoms with Gasteiger partial charge in [-0.25, -0.2) is 13.8 Å². The molecule has 0 fully saturated rings. The Balaban J connectivity index is 1.68. The molecule has 138 valence electrons. The number of benzene rings is 2. The van der Waals surface area contributed by atoms with Crippen LogP contribution in [0.5, 0.6) is 0 Å². The fourth-order valence-corrected chi connectivity index (χ4v) is 3.86. The quantitative estimate of drug-likeness (QED) is 0.554.